The molecule has 0 aliphatic rings. The smallest absolute Gasteiger partial charge is 0.191 e. The van der Waals surface area contributed by atoms with Crippen LogP contribution in [0.4, 0.5) is 0 Å². The van der Waals surface area contributed by atoms with Crippen molar-refractivity contribution in [3.8, 4) is 0 Å². The SMILES string of the molecule is CN=C(NCc1ccn[nH]1)NC(C)COC. The maximum absolute atomic E-state index is 5.04. The molecule has 1 aromatic heterocycles. The third-order valence-corrected chi connectivity index (χ3v) is 2.03. The highest BCUT2D eigenvalue weighted by Gasteiger charge is 2.04. The highest BCUT2D eigenvalue weighted by atomic mass is 16.5. The zero-order valence-corrected chi connectivity index (χ0v) is 9.95. The van der Waals surface area contributed by atoms with Crippen molar-refractivity contribution in [3.63, 3.8) is 0 Å². The van der Waals surface area contributed by atoms with E-state index in [1.165, 1.54) is 0 Å². The summed E-state index contributed by atoms with van der Waals surface area (Å²) in [6.07, 6.45) is 1.72. The van der Waals surface area contributed by atoms with Gasteiger partial charge in [-0.1, -0.05) is 0 Å². The van der Waals surface area contributed by atoms with E-state index in [4.69, 9.17) is 4.74 Å². The molecule has 3 N–H and O–H groups in total. The monoisotopic (exact) mass is 225 g/mol. The third kappa shape index (κ3) is 4.31. The second-order valence-corrected chi connectivity index (χ2v) is 3.51. The number of nitrogens with one attached hydrogen (secondary N) is 3. The molecule has 0 fully saturated rings. The Labute approximate surface area is 95.5 Å². The summed E-state index contributed by atoms with van der Waals surface area (Å²) >= 11 is 0. The highest BCUT2D eigenvalue weighted by Crippen LogP contribution is 1.90. The van der Waals surface area contributed by atoms with Gasteiger partial charge >= 0.3 is 0 Å². The van der Waals surface area contributed by atoms with Crippen LogP contribution in [-0.2, 0) is 11.3 Å². The van der Waals surface area contributed by atoms with Crippen LogP contribution in [0.3, 0.4) is 0 Å². The van der Waals surface area contributed by atoms with Gasteiger partial charge in [0.2, 0.25) is 0 Å². The standard InChI is InChI=1S/C10H19N5O/c1-8(7-16-3)14-10(11-2)12-6-9-4-5-13-15-9/h4-5,8H,6-7H2,1-3H3,(H,13,15)(H2,11,12,14). The van der Waals surface area contributed by atoms with Crippen molar-refractivity contribution in [2.75, 3.05) is 20.8 Å². The van der Waals surface area contributed by atoms with Crippen LogP contribution in [0.15, 0.2) is 17.3 Å². The average Bonchev–Trinajstić information content (AvgIpc) is 2.77. The Balaban J connectivity index is 2.32. The summed E-state index contributed by atoms with van der Waals surface area (Å²) < 4.78 is 5.04. The Kier molecular flexibility index (Phi) is 5.35. The fourth-order valence-corrected chi connectivity index (χ4v) is 1.28. The van der Waals surface area contributed by atoms with Crippen LogP contribution in [0.1, 0.15) is 12.6 Å². The van der Waals surface area contributed by atoms with Crippen molar-refractivity contribution in [2.24, 2.45) is 4.99 Å². The number of methoxy groups -OCH3 is 1. The lowest BCUT2D eigenvalue weighted by Gasteiger charge is -2.16. The van der Waals surface area contributed by atoms with Gasteiger partial charge in [0, 0.05) is 26.4 Å². The summed E-state index contributed by atoms with van der Waals surface area (Å²) in [5.74, 6) is 0.749. The minimum atomic E-state index is 0.220. The van der Waals surface area contributed by atoms with Gasteiger partial charge in [-0.2, -0.15) is 5.10 Å². The Hall–Kier alpha value is -1.56. The maximum Gasteiger partial charge on any atom is 0.191 e. The number of ether oxygens (including phenoxy) is 1. The van der Waals surface area contributed by atoms with E-state index in [1.807, 2.05) is 13.0 Å². The molecule has 90 valence electrons. The van der Waals surface area contributed by atoms with Crippen molar-refractivity contribution in [3.05, 3.63) is 18.0 Å². The Morgan fingerprint density at radius 2 is 2.50 bits per heavy atom. The normalized spacial score (nSPS) is 13.6. The van der Waals surface area contributed by atoms with Gasteiger partial charge in [0.15, 0.2) is 5.96 Å². The zero-order chi connectivity index (χ0) is 11.8. The molecular formula is C10H19N5O. The van der Waals surface area contributed by atoms with Gasteiger partial charge in [-0.05, 0) is 13.0 Å². The number of H-pyrrole nitrogens is 1. The van der Waals surface area contributed by atoms with Gasteiger partial charge in [-0.15, -0.1) is 0 Å². The van der Waals surface area contributed by atoms with Gasteiger partial charge in [0.1, 0.15) is 0 Å². The molecule has 0 aliphatic carbocycles. The average molecular weight is 225 g/mol. The summed E-state index contributed by atoms with van der Waals surface area (Å²) in [5, 5.41) is 13.1. The third-order valence-electron chi connectivity index (χ3n) is 2.03. The van der Waals surface area contributed by atoms with Gasteiger partial charge in [-0.25, -0.2) is 0 Å². The van der Waals surface area contributed by atoms with Crippen LogP contribution in [0.25, 0.3) is 0 Å². The van der Waals surface area contributed by atoms with Crippen LogP contribution in [0.5, 0.6) is 0 Å². The predicted molar refractivity (Wildman–Crippen MR) is 63.3 cm³/mol. The molecule has 0 saturated heterocycles. The van der Waals surface area contributed by atoms with Gasteiger partial charge in [-0.3, -0.25) is 10.1 Å². The van der Waals surface area contributed by atoms with Crippen LogP contribution in [0.2, 0.25) is 0 Å². The first-order chi connectivity index (χ1) is 7.76. The first-order valence-corrected chi connectivity index (χ1v) is 5.20. The second kappa shape index (κ2) is 6.84. The van der Waals surface area contributed by atoms with Gasteiger partial charge < -0.3 is 15.4 Å². The van der Waals surface area contributed by atoms with E-state index in [0.717, 1.165) is 11.7 Å². The molecule has 1 atom stereocenters. The number of hydrogen-bond acceptors (Lipinski definition) is 3. The van der Waals surface area contributed by atoms with E-state index in [-0.39, 0.29) is 6.04 Å². The summed E-state index contributed by atoms with van der Waals surface area (Å²) in [6, 6.07) is 2.14. The molecule has 1 aromatic rings. The zero-order valence-electron chi connectivity index (χ0n) is 9.95. The minimum absolute atomic E-state index is 0.220. The van der Waals surface area contributed by atoms with Crippen molar-refractivity contribution in [1.29, 1.82) is 0 Å². The molecule has 1 rings (SSSR count). The topological polar surface area (TPSA) is 74.3 Å². The van der Waals surface area contributed by atoms with Crippen LogP contribution < -0.4 is 10.6 Å². The molecule has 1 heterocycles. The van der Waals surface area contributed by atoms with E-state index in [0.29, 0.717) is 13.2 Å². The van der Waals surface area contributed by atoms with Crippen molar-refractivity contribution in [2.45, 2.75) is 19.5 Å². The van der Waals surface area contributed by atoms with Crippen LogP contribution in [-0.4, -0.2) is 43.0 Å². The summed E-state index contributed by atoms with van der Waals surface area (Å²) in [7, 11) is 3.42. The molecule has 0 bridgehead atoms. The molecule has 0 aliphatic heterocycles. The Morgan fingerprint density at radius 1 is 1.69 bits per heavy atom. The number of rotatable bonds is 5. The van der Waals surface area contributed by atoms with E-state index < -0.39 is 0 Å². The largest absolute Gasteiger partial charge is 0.383 e. The quantitative estimate of drug-likeness (QED) is 0.491. The second-order valence-electron chi connectivity index (χ2n) is 3.51. The van der Waals surface area contributed by atoms with E-state index in [2.05, 4.69) is 25.8 Å². The van der Waals surface area contributed by atoms with Crippen molar-refractivity contribution >= 4 is 5.96 Å². The van der Waals surface area contributed by atoms with E-state index in [9.17, 15) is 0 Å². The fraction of sp³-hybridized carbons (Fsp3) is 0.600. The molecule has 0 amide bonds. The first kappa shape index (κ1) is 12.5. The summed E-state index contributed by atoms with van der Waals surface area (Å²) in [4.78, 5) is 4.11. The lowest BCUT2D eigenvalue weighted by atomic mass is 10.4. The predicted octanol–water partition coefficient (Wildman–Crippen LogP) is 0.110. The molecule has 0 saturated carbocycles. The molecule has 6 heteroatoms. The van der Waals surface area contributed by atoms with Crippen LogP contribution in [0, 0.1) is 0 Å². The number of nitrogens with zero attached hydrogens (tertiary/aromatic N) is 2. The molecule has 0 radical (unpaired) electrons. The molecular weight excluding hydrogens is 206 g/mol. The first-order valence-electron chi connectivity index (χ1n) is 5.20. The molecule has 0 aromatic carbocycles. The molecule has 16 heavy (non-hydrogen) atoms. The number of guanidine groups is 1. The van der Waals surface area contributed by atoms with Crippen LogP contribution >= 0.6 is 0 Å². The number of aliphatic imine (C=N–C) groups is 1. The number of hydrogen-bond donors (Lipinski definition) is 3. The minimum Gasteiger partial charge on any atom is -0.383 e. The Morgan fingerprint density at radius 3 is 3.06 bits per heavy atom. The van der Waals surface area contributed by atoms with Crippen molar-refractivity contribution < 1.29 is 4.74 Å². The highest BCUT2D eigenvalue weighted by molar-refractivity contribution is 5.79. The summed E-state index contributed by atoms with van der Waals surface area (Å²) in [5.41, 5.74) is 1.02. The maximum atomic E-state index is 5.04. The van der Waals surface area contributed by atoms with E-state index >= 15 is 0 Å². The van der Waals surface area contributed by atoms with Gasteiger partial charge in [0.05, 0.1) is 18.8 Å². The number of aromatic nitrogens is 2. The van der Waals surface area contributed by atoms with Gasteiger partial charge in [0.25, 0.3) is 0 Å². The fourth-order valence-electron chi connectivity index (χ4n) is 1.28. The molecule has 0 spiro atoms. The lowest BCUT2D eigenvalue weighted by Crippen LogP contribution is -2.43. The Bertz CT molecular complexity index is 309. The molecule has 6 nitrogen and oxygen atoms in total. The van der Waals surface area contributed by atoms with Crippen molar-refractivity contribution in [1.82, 2.24) is 20.8 Å². The number of aromatic amines is 1. The lowest BCUT2D eigenvalue weighted by molar-refractivity contribution is 0.179. The van der Waals surface area contributed by atoms with E-state index in [1.54, 1.807) is 20.4 Å². The molecule has 1 unspecified atom stereocenters. The summed E-state index contributed by atoms with van der Waals surface area (Å²) in [6.45, 7) is 3.34.